The second kappa shape index (κ2) is 5.93. The molecule has 0 aromatic heterocycles. The molecule has 0 radical (unpaired) electrons. The van der Waals surface area contributed by atoms with Gasteiger partial charge in [-0.05, 0) is 30.5 Å². The van der Waals surface area contributed by atoms with E-state index in [1.54, 1.807) is 12.1 Å². The van der Waals surface area contributed by atoms with Crippen molar-refractivity contribution in [2.75, 3.05) is 18.1 Å². The van der Waals surface area contributed by atoms with Crippen molar-refractivity contribution in [1.29, 1.82) is 0 Å². The zero-order chi connectivity index (χ0) is 14.0. The van der Waals surface area contributed by atoms with Crippen LogP contribution >= 0.6 is 31.9 Å². The minimum Gasteiger partial charge on any atom is -0.352 e. The molecule has 0 spiro atoms. The van der Waals surface area contributed by atoms with Crippen molar-refractivity contribution >= 4 is 47.6 Å². The Labute approximate surface area is 129 Å². The monoisotopic (exact) mass is 409 g/mol. The van der Waals surface area contributed by atoms with Gasteiger partial charge in [-0.25, -0.2) is 8.42 Å². The molecule has 1 heterocycles. The van der Waals surface area contributed by atoms with Crippen molar-refractivity contribution in [2.24, 2.45) is 5.92 Å². The second-order valence-corrected chi connectivity index (χ2v) is 8.70. The fourth-order valence-electron chi connectivity index (χ4n) is 2.06. The SMILES string of the molecule is O=C(NCC1CCS(=O)(=O)C1)c1cc(Br)cc(Br)c1. The predicted octanol–water partition coefficient (Wildman–Crippen LogP) is 2.38. The van der Waals surface area contributed by atoms with E-state index >= 15 is 0 Å². The van der Waals surface area contributed by atoms with Gasteiger partial charge in [0.2, 0.25) is 0 Å². The van der Waals surface area contributed by atoms with E-state index < -0.39 is 9.84 Å². The average Bonchev–Trinajstić information content (AvgIpc) is 2.64. The first-order valence-corrected chi connectivity index (χ1v) is 9.21. The van der Waals surface area contributed by atoms with E-state index in [9.17, 15) is 13.2 Å². The van der Waals surface area contributed by atoms with E-state index in [0.717, 1.165) is 8.95 Å². The molecule has 1 saturated heterocycles. The van der Waals surface area contributed by atoms with Gasteiger partial charge in [-0.15, -0.1) is 0 Å². The first-order valence-electron chi connectivity index (χ1n) is 5.80. The number of nitrogens with one attached hydrogen (secondary N) is 1. The first-order chi connectivity index (χ1) is 8.85. The Morgan fingerprint density at radius 3 is 2.42 bits per heavy atom. The van der Waals surface area contributed by atoms with E-state index in [4.69, 9.17) is 0 Å². The minimum atomic E-state index is -2.89. The number of carbonyl (C=O) groups is 1. The Hall–Kier alpha value is -0.400. The Bertz CT molecular complexity index is 581. The largest absolute Gasteiger partial charge is 0.352 e. The lowest BCUT2D eigenvalue weighted by Crippen LogP contribution is -2.29. The summed E-state index contributed by atoms with van der Waals surface area (Å²) in [5.41, 5.74) is 0.544. The lowest BCUT2D eigenvalue weighted by atomic mass is 10.1. The van der Waals surface area contributed by atoms with E-state index in [1.807, 2.05) is 6.07 Å². The molecule has 1 atom stereocenters. The van der Waals surface area contributed by atoms with E-state index in [-0.39, 0.29) is 23.3 Å². The molecule has 1 unspecified atom stereocenters. The van der Waals surface area contributed by atoms with Gasteiger partial charge in [0.15, 0.2) is 9.84 Å². The van der Waals surface area contributed by atoms with Gasteiger partial charge < -0.3 is 5.32 Å². The molecule has 1 aromatic carbocycles. The number of carbonyl (C=O) groups excluding carboxylic acids is 1. The third kappa shape index (κ3) is 4.29. The second-order valence-electron chi connectivity index (χ2n) is 4.64. The van der Waals surface area contributed by atoms with Crippen LogP contribution in [0.4, 0.5) is 0 Å². The quantitative estimate of drug-likeness (QED) is 0.831. The maximum Gasteiger partial charge on any atom is 0.251 e. The highest BCUT2D eigenvalue weighted by Gasteiger charge is 2.27. The molecule has 1 aliphatic rings. The maximum atomic E-state index is 12.0. The standard InChI is InChI=1S/C12H13Br2NO3S/c13-10-3-9(4-11(14)5-10)12(16)15-6-8-1-2-19(17,18)7-8/h3-5,8H,1-2,6-7H2,(H,15,16). The number of hydrogen-bond donors (Lipinski definition) is 1. The van der Waals surface area contributed by atoms with Crippen LogP contribution < -0.4 is 5.32 Å². The van der Waals surface area contributed by atoms with E-state index in [2.05, 4.69) is 37.2 Å². The maximum absolute atomic E-state index is 12.0. The zero-order valence-electron chi connectivity index (χ0n) is 10.0. The highest BCUT2D eigenvalue weighted by atomic mass is 79.9. The molecule has 1 aliphatic heterocycles. The summed E-state index contributed by atoms with van der Waals surface area (Å²) in [5.74, 6) is 0.252. The van der Waals surface area contributed by atoms with Gasteiger partial charge in [0.25, 0.3) is 5.91 Å². The van der Waals surface area contributed by atoms with Crippen LogP contribution in [0.15, 0.2) is 27.1 Å². The minimum absolute atomic E-state index is 0.0320. The van der Waals surface area contributed by atoms with Crippen molar-refractivity contribution in [3.63, 3.8) is 0 Å². The smallest absolute Gasteiger partial charge is 0.251 e. The van der Waals surface area contributed by atoms with E-state index in [0.29, 0.717) is 18.5 Å². The average molecular weight is 411 g/mol. The number of benzene rings is 1. The van der Waals surface area contributed by atoms with Crippen molar-refractivity contribution < 1.29 is 13.2 Å². The molecule has 1 N–H and O–H groups in total. The van der Waals surface area contributed by atoms with Crippen LogP contribution in [0.5, 0.6) is 0 Å². The molecule has 19 heavy (non-hydrogen) atoms. The lowest BCUT2D eigenvalue weighted by molar-refractivity contribution is 0.0948. The number of rotatable bonds is 3. The van der Waals surface area contributed by atoms with Crippen molar-refractivity contribution in [3.05, 3.63) is 32.7 Å². The number of hydrogen-bond acceptors (Lipinski definition) is 3. The molecular weight excluding hydrogens is 398 g/mol. The van der Waals surface area contributed by atoms with Gasteiger partial charge >= 0.3 is 0 Å². The van der Waals surface area contributed by atoms with Crippen LogP contribution in [0.2, 0.25) is 0 Å². The third-order valence-corrected chi connectivity index (χ3v) is 5.76. The fraction of sp³-hybridized carbons (Fsp3) is 0.417. The first kappa shape index (κ1) is 15.0. The summed E-state index contributed by atoms with van der Waals surface area (Å²) < 4.78 is 24.3. The molecule has 1 amide bonds. The topological polar surface area (TPSA) is 63.2 Å². The normalized spacial score (nSPS) is 21.3. The molecule has 104 valence electrons. The van der Waals surface area contributed by atoms with Crippen LogP contribution in [0.25, 0.3) is 0 Å². The molecule has 2 rings (SSSR count). The molecule has 0 saturated carbocycles. The van der Waals surface area contributed by atoms with E-state index in [1.165, 1.54) is 0 Å². The van der Waals surface area contributed by atoms with Gasteiger partial charge in [0.05, 0.1) is 11.5 Å². The van der Waals surface area contributed by atoms with Crippen LogP contribution in [-0.4, -0.2) is 32.4 Å². The van der Waals surface area contributed by atoms with Crippen LogP contribution in [0, 0.1) is 5.92 Å². The Morgan fingerprint density at radius 2 is 1.89 bits per heavy atom. The van der Waals surface area contributed by atoms with Crippen molar-refractivity contribution in [3.8, 4) is 0 Å². The number of sulfone groups is 1. The van der Waals surface area contributed by atoms with Crippen LogP contribution in [0.3, 0.4) is 0 Å². The van der Waals surface area contributed by atoms with Gasteiger partial charge in [-0.1, -0.05) is 31.9 Å². The molecule has 4 nitrogen and oxygen atoms in total. The van der Waals surface area contributed by atoms with Gasteiger partial charge in [-0.3, -0.25) is 4.79 Å². The third-order valence-electron chi connectivity index (χ3n) is 3.00. The molecule has 1 fully saturated rings. The molecular formula is C12H13Br2NO3S. The summed E-state index contributed by atoms with van der Waals surface area (Å²) >= 11 is 6.65. The Morgan fingerprint density at radius 1 is 1.26 bits per heavy atom. The van der Waals surface area contributed by atoms with Crippen LogP contribution in [0.1, 0.15) is 16.8 Å². The van der Waals surface area contributed by atoms with Gasteiger partial charge in [0.1, 0.15) is 0 Å². The van der Waals surface area contributed by atoms with Gasteiger partial charge in [-0.2, -0.15) is 0 Å². The Balaban J connectivity index is 1.95. The van der Waals surface area contributed by atoms with Crippen molar-refractivity contribution in [2.45, 2.75) is 6.42 Å². The van der Waals surface area contributed by atoms with Crippen molar-refractivity contribution in [1.82, 2.24) is 5.32 Å². The highest BCUT2D eigenvalue weighted by molar-refractivity contribution is 9.11. The molecule has 0 aliphatic carbocycles. The summed E-state index contributed by atoms with van der Waals surface area (Å²) in [6, 6.07) is 5.30. The molecule has 0 bridgehead atoms. The zero-order valence-corrected chi connectivity index (χ0v) is 14.0. The summed E-state index contributed by atoms with van der Waals surface area (Å²) in [6.45, 7) is 0.405. The highest BCUT2D eigenvalue weighted by Crippen LogP contribution is 2.21. The number of amides is 1. The predicted molar refractivity (Wildman–Crippen MR) is 80.9 cm³/mol. The molecule has 1 aromatic rings. The summed E-state index contributed by atoms with van der Waals surface area (Å²) in [7, 11) is -2.89. The lowest BCUT2D eigenvalue weighted by Gasteiger charge is -2.10. The van der Waals surface area contributed by atoms with Gasteiger partial charge in [0, 0.05) is 21.1 Å². The Kier molecular flexibility index (Phi) is 4.68. The van der Waals surface area contributed by atoms with Crippen LogP contribution in [-0.2, 0) is 9.84 Å². The summed E-state index contributed by atoms with van der Waals surface area (Å²) in [4.78, 5) is 12.0. The fourth-order valence-corrected chi connectivity index (χ4v) is 5.21. The summed E-state index contributed by atoms with van der Waals surface area (Å²) in [6.07, 6.45) is 0.630. The molecule has 7 heteroatoms. The number of halogens is 2. The summed E-state index contributed by atoms with van der Waals surface area (Å²) in [5, 5.41) is 2.79.